The molecule has 0 unspecified atom stereocenters. The van der Waals surface area contributed by atoms with Crippen LogP contribution in [0, 0.1) is 11.6 Å². The molecule has 29 heavy (non-hydrogen) atoms. The molecule has 2 aromatic carbocycles. The highest BCUT2D eigenvalue weighted by Crippen LogP contribution is 2.26. The molecule has 3 aromatic rings. The average molecular weight is 398 g/mol. The lowest BCUT2D eigenvalue weighted by Crippen LogP contribution is -2.41. The smallest absolute Gasteiger partial charge is 0.276 e. The molecule has 6 nitrogen and oxygen atoms in total. The number of carbonyl (C=O) groups excluding carboxylic acids is 1. The molecule has 0 saturated heterocycles. The summed E-state index contributed by atoms with van der Waals surface area (Å²) >= 11 is 0. The van der Waals surface area contributed by atoms with Crippen molar-refractivity contribution in [1.82, 2.24) is 9.78 Å². The molecule has 1 aliphatic heterocycles. The van der Waals surface area contributed by atoms with E-state index in [0.717, 1.165) is 17.5 Å². The maximum atomic E-state index is 14.1. The summed E-state index contributed by atoms with van der Waals surface area (Å²) in [7, 11) is 3.54. The summed E-state index contributed by atoms with van der Waals surface area (Å²) in [6.45, 7) is 1.12. The maximum absolute atomic E-state index is 14.1. The van der Waals surface area contributed by atoms with E-state index in [4.69, 9.17) is 4.74 Å². The molecule has 1 aliphatic rings. The third-order valence-electron chi connectivity index (χ3n) is 4.96. The molecule has 0 atom stereocenters. The van der Waals surface area contributed by atoms with Crippen molar-refractivity contribution in [1.29, 1.82) is 0 Å². The lowest BCUT2D eigenvalue weighted by molar-refractivity contribution is 0.0961. The van der Waals surface area contributed by atoms with E-state index in [1.807, 2.05) is 36.2 Å². The zero-order valence-electron chi connectivity index (χ0n) is 16.1. The number of carbonyl (C=O) groups is 1. The van der Waals surface area contributed by atoms with E-state index in [2.05, 4.69) is 5.10 Å². The number of methoxy groups -OCH3 is 1. The Morgan fingerprint density at radius 3 is 2.62 bits per heavy atom. The first-order chi connectivity index (χ1) is 14.0. The van der Waals surface area contributed by atoms with Crippen molar-refractivity contribution in [2.24, 2.45) is 0 Å². The maximum Gasteiger partial charge on any atom is 0.276 e. The molecular formula is C21H20F2N4O2. The second-order valence-corrected chi connectivity index (χ2v) is 6.83. The Bertz CT molecular complexity index is 1050. The summed E-state index contributed by atoms with van der Waals surface area (Å²) in [5.74, 6) is -1.62. The van der Waals surface area contributed by atoms with Crippen LogP contribution in [-0.2, 0) is 13.1 Å². The fourth-order valence-corrected chi connectivity index (χ4v) is 3.43. The van der Waals surface area contributed by atoms with Gasteiger partial charge in [0.1, 0.15) is 11.4 Å². The minimum atomic E-state index is -1.02. The van der Waals surface area contributed by atoms with Crippen LogP contribution >= 0.6 is 0 Å². The number of benzene rings is 2. The van der Waals surface area contributed by atoms with Crippen molar-refractivity contribution in [3.05, 3.63) is 71.6 Å². The van der Waals surface area contributed by atoms with Gasteiger partial charge >= 0.3 is 0 Å². The first-order valence-electron chi connectivity index (χ1n) is 9.15. The molecule has 0 radical (unpaired) electrons. The van der Waals surface area contributed by atoms with Crippen molar-refractivity contribution < 1.29 is 18.3 Å². The predicted octanol–water partition coefficient (Wildman–Crippen LogP) is 3.47. The quantitative estimate of drug-likeness (QED) is 0.661. The fourth-order valence-electron chi connectivity index (χ4n) is 3.43. The third-order valence-corrected chi connectivity index (χ3v) is 4.96. The van der Waals surface area contributed by atoms with Crippen molar-refractivity contribution in [3.8, 4) is 5.75 Å². The van der Waals surface area contributed by atoms with Gasteiger partial charge in [-0.05, 0) is 42.5 Å². The van der Waals surface area contributed by atoms with Gasteiger partial charge in [0, 0.05) is 19.3 Å². The van der Waals surface area contributed by atoms with Gasteiger partial charge in [0.25, 0.3) is 5.91 Å². The number of halogens is 2. The Morgan fingerprint density at radius 1 is 1.14 bits per heavy atom. The van der Waals surface area contributed by atoms with Crippen LogP contribution in [0.3, 0.4) is 0 Å². The van der Waals surface area contributed by atoms with Crippen LogP contribution in [0.25, 0.3) is 0 Å². The van der Waals surface area contributed by atoms with Crippen molar-refractivity contribution in [2.75, 3.05) is 30.5 Å². The van der Waals surface area contributed by atoms with Gasteiger partial charge in [-0.3, -0.25) is 9.48 Å². The normalized spacial score (nSPS) is 13.4. The van der Waals surface area contributed by atoms with E-state index < -0.39 is 17.5 Å². The number of rotatable bonds is 5. The first kappa shape index (κ1) is 18.9. The minimum Gasteiger partial charge on any atom is -0.497 e. The van der Waals surface area contributed by atoms with Gasteiger partial charge < -0.3 is 14.5 Å². The highest BCUT2D eigenvalue weighted by molar-refractivity contribution is 6.05. The predicted molar refractivity (Wildman–Crippen MR) is 105 cm³/mol. The van der Waals surface area contributed by atoms with Gasteiger partial charge in [-0.1, -0.05) is 6.07 Å². The molecule has 0 fully saturated rings. The largest absolute Gasteiger partial charge is 0.497 e. The summed E-state index contributed by atoms with van der Waals surface area (Å²) in [6.07, 6.45) is 0. The molecule has 1 aromatic heterocycles. The zero-order valence-corrected chi connectivity index (χ0v) is 16.1. The van der Waals surface area contributed by atoms with Crippen molar-refractivity contribution in [2.45, 2.75) is 13.1 Å². The van der Waals surface area contributed by atoms with Crippen LogP contribution in [0.4, 0.5) is 20.2 Å². The number of hydrogen-bond acceptors (Lipinski definition) is 4. The summed E-state index contributed by atoms with van der Waals surface area (Å²) in [5.41, 5.74) is 2.00. The highest BCUT2D eigenvalue weighted by atomic mass is 19.2. The second kappa shape index (κ2) is 7.54. The van der Waals surface area contributed by atoms with E-state index in [1.165, 1.54) is 17.0 Å². The van der Waals surface area contributed by atoms with E-state index in [0.29, 0.717) is 24.5 Å². The molecule has 0 aliphatic carbocycles. The van der Waals surface area contributed by atoms with Crippen LogP contribution < -0.4 is 14.5 Å². The summed E-state index contributed by atoms with van der Waals surface area (Å²) in [4.78, 5) is 16.1. The van der Waals surface area contributed by atoms with E-state index in [-0.39, 0.29) is 12.2 Å². The van der Waals surface area contributed by atoms with Gasteiger partial charge in [-0.2, -0.15) is 5.10 Å². The molecule has 0 bridgehead atoms. The zero-order chi connectivity index (χ0) is 20.5. The Balaban J connectivity index is 1.54. The molecule has 8 heteroatoms. The molecule has 4 rings (SSSR count). The molecular weight excluding hydrogens is 378 g/mol. The highest BCUT2D eigenvalue weighted by Gasteiger charge is 2.30. The third kappa shape index (κ3) is 3.53. The fraction of sp³-hybridized carbons (Fsp3) is 0.238. The van der Waals surface area contributed by atoms with Crippen LogP contribution in [0.2, 0.25) is 0 Å². The van der Waals surface area contributed by atoms with Gasteiger partial charge in [-0.15, -0.1) is 0 Å². The van der Waals surface area contributed by atoms with Gasteiger partial charge in [0.15, 0.2) is 11.6 Å². The Labute approximate surface area is 166 Å². The van der Waals surface area contributed by atoms with Crippen LogP contribution in [-0.4, -0.2) is 36.4 Å². The summed E-state index contributed by atoms with van der Waals surface area (Å²) in [5, 5.41) is 4.50. The SMILES string of the molecule is COc1ccc(N(C)Cc2cc3n(n2)CCN(c2cccc(F)c2F)C3=O)cc1. The summed E-state index contributed by atoms with van der Waals surface area (Å²) in [6, 6.07) is 13.2. The monoisotopic (exact) mass is 398 g/mol. The Hall–Kier alpha value is -3.42. The van der Waals surface area contributed by atoms with Crippen molar-refractivity contribution in [3.63, 3.8) is 0 Å². The number of amides is 1. The van der Waals surface area contributed by atoms with Crippen molar-refractivity contribution >= 4 is 17.3 Å². The van der Waals surface area contributed by atoms with E-state index in [1.54, 1.807) is 17.9 Å². The number of fused-ring (bicyclic) bond motifs is 1. The molecule has 0 N–H and O–H groups in total. The standard InChI is InChI=1S/C21H20F2N4O2/c1-25(15-6-8-16(29-2)9-7-15)13-14-12-19-21(28)26(10-11-27(19)24-14)18-5-3-4-17(22)20(18)23/h3-9,12H,10-11,13H2,1-2H3. The molecule has 2 heterocycles. The number of aromatic nitrogens is 2. The summed E-state index contributed by atoms with van der Waals surface area (Å²) < 4.78 is 34.5. The molecule has 150 valence electrons. The van der Waals surface area contributed by atoms with E-state index in [9.17, 15) is 13.6 Å². The molecule has 0 saturated carbocycles. The van der Waals surface area contributed by atoms with E-state index >= 15 is 0 Å². The Morgan fingerprint density at radius 2 is 1.90 bits per heavy atom. The number of anilines is 2. The second-order valence-electron chi connectivity index (χ2n) is 6.83. The van der Waals surface area contributed by atoms with Gasteiger partial charge in [-0.25, -0.2) is 8.78 Å². The lowest BCUT2D eigenvalue weighted by Gasteiger charge is -2.27. The first-order valence-corrected chi connectivity index (χ1v) is 9.15. The number of hydrogen-bond donors (Lipinski definition) is 0. The number of ether oxygens (including phenoxy) is 1. The molecule has 1 amide bonds. The van der Waals surface area contributed by atoms with Crippen LogP contribution in [0.1, 0.15) is 16.2 Å². The number of nitrogens with zero attached hydrogens (tertiary/aromatic N) is 4. The Kier molecular flexibility index (Phi) is 4.92. The average Bonchev–Trinajstić information content (AvgIpc) is 3.14. The lowest BCUT2D eigenvalue weighted by atomic mass is 10.2. The van der Waals surface area contributed by atoms with Gasteiger partial charge in [0.2, 0.25) is 0 Å². The van der Waals surface area contributed by atoms with Crippen LogP contribution in [0.5, 0.6) is 5.75 Å². The topological polar surface area (TPSA) is 50.6 Å². The molecule has 0 spiro atoms. The minimum absolute atomic E-state index is 0.0562. The van der Waals surface area contributed by atoms with Gasteiger partial charge in [0.05, 0.1) is 31.6 Å². The van der Waals surface area contributed by atoms with Crippen LogP contribution in [0.15, 0.2) is 48.5 Å².